The summed E-state index contributed by atoms with van der Waals surface area (Å²) in [4.78, 5) is 15.6. The van der Waals surface area contributed by atoms with Gasteiger partial charge in [0.2, 0.25) is 5.88 Å². The van der Waals surface area contributed by atoms with Crippen molar-refractivity contribution < 1.29 is 18.3 Å². The number of aryl methyl sites for hydroxylation is 1. The highest BCUT2D eigenvalue weighted by atomic mass is 19.1. The zero-order chi connectivity index (χ0) is 15.5. The lowest BCUT2D eigenvalue weighted by Crippen LogP contribution is -2.13. The molecule has 2 heterocycles. The zero-order valence-electron chi connectivity index (χ0n) is 11.7. The second-order valence-corrected chi connectivity index (χ2v) is 4.63. The smallest absolute Gasteiger partial charge is 0.401 e. The highest BCUT2D eigenvalue weighted by Gasteiger charge is 2.17. The Bertz CT molecular complexity index is 779. The van der Waals surface area contributed by atoms with Gasteiger partial charge in [-0.1, -0.05) is 12.1 Å². The lowest BCUT2D eigenvalue weighted by atomic mass is 10.2. The van der Waals surface area contributed by atoms with E-state index in [9.17, 15) is 9.18 Å². The van der Waals surface area contributed by atoms with Crippen LogP contribution in [0.15, 0.2) is 47.2 Å². The maximum Gasteiger partial charge on any atom is 0.401 e. The number of hydrogen-bond donors (Lipinski definition) is 0. The van der Waals surface area contributed by atoms with E-state index >= 15 is 0 Å². The van der Waals surface area contributed by atoms with E-state index in [0.29, 0.717) is 12.2 Å². The number of nitrogens with zero attached hydrogens (tertiary/aromatic N) is 3. The third-order valence-electron chi connectivity index (χ3n) is 2.92. The molecule has 6 nitrogen and oxygen atoms in total. The van der Waals surface area contributed by atoms with Gasteiger partial charge in [0.25, 0.3) is 0 Å². The molecule has 2 aromatic heterocycles. The van der Waals surface area contributed by atoms with Crippen molar-refractivity contribution in [1.29, 1.82) is 0 Å². The summed E-state index contributed by atoms with van der Waals surface area (Å²) in [6.07, 6.45) is 2.65. The molecule has 0 aliphatic heterocycles. The maximum absolute atomic E-state index is 12.9. The van der Waals surface area contributed by atoms with Gasteiger partial charge >= 0.3 is 11.9 Å². The highest BCUT2D eigenvalue weighted by Crippen LogP contribution is 2.17. The Kier molecular flexibility index (Phi) is 3.69. The van der Waals surface area contributed by atoms with Gasteiger partial charge in [-0.2, -0.15) is 5.10 Å². The first-order chi connectivity index (χ1) is 10.6. The number of aromatic nitrogens is 3. The van der Waals surface area contributed by atoms with Crippen molar-refractivity contribution in [3.05, 3.63) is 65.8 Å². The molecule has 0 saturated heterocycles. The highest BCUT2D eigenvalue weighted by molar-refractivity contribution is 5.85. The summed E-state index contributed by atoms with van der Waals surface area (Å²) in [7, 11) is 0. The minimum Gasteiger partial charge on any atom is -0.440 e. The molecule has 22 heavy (non-hydrogen) atoms. The molecule has 0 atom stereocenters. The average Bonchev–Trinajstić information content (AvgIpc) is 3.12. The van der Waals surface area contributed by atoms with E-state index in [1.807, 2.05) is 0 Å². The van der Waals surface area contributed by atoms with Crippen molar-refractivity contribution in [2.24, 2.45) is 0 Å². The van der Waals surface area contributed by atoms with Gasteiger partial charge in [-0.05, 0) is 24.6 Å². The van der Waals surface area contributed by atoms with E-state index in [1.165, 1.54) is 29.3 Å². The van der Waals surface area contributed by atoms with E-state index < -0.39 is 5.97 Å². The molecule has 0 N–H and O–H groups in total. The molecule has 0 spiro atoms. The summed E-state index contributed by atoms with van der Waals surface area (Å²) >= 11 is 0. The van der Waals surface area contributed by atoms with E-state index in [2.05, 4.69) is 10.1 Å². The van der Waals surface area contributed by atoms with Crippen LogP contribution in [-0.2, 0) is 6.54 Å². The van der Waals surface area contributed by atoms with Crippen LogP contribution in [0.3, 0.4) is 0 Å². The summed E-state index contributed by atoms with van der Waals surface area (Å²) in [6, 6.07) is 7.65. The van der Waals surface area contributed by atoms with Crippen LogP contribution in [0, 0.1) is 12.7 Å². The maximum atomic E-state index is 12.9. The largest absolute Gasteiger partial charge is 0.440 e. The van der Waals surface area contributed by atoms with Gasteiger partial charge in [0.05, 0.1) is 18.4 Å². The summed E-state index contributed by atoms with van der Waals surface area (Å²) < 4.78 is 24.6. The molecule has 3 rings (SSSR count). The first-order valence-corrected chi connectivity index (χ1v) is 6.52. The van der Waals surface area contributed by atoms with Crippen LogP contribution in [0.5, 0.6) is 5.88 Å². The molecular weight excluding hydrogens is 289 g/mol. The number of halogens is 1. The van der Waals surface area contributed by atoms with Crippen LogP contribution in [0.2, 0.25) is 0 Å². The van der Waals surface area contributed by atoms with Crippen LogP contribution in [0.4, 0.5) is 4.39 Å². The molecule has 0 unspecified atom stereocenters. The fraction of sp³-hybridized carbons (Fsp3) is 0.133. The number of esters is 1. The molecule has 0 bridgehead atoms. The van der Waals surface area contributed by atoms with E-state index in [1.54, 1.807) is 25.1 Å². The van der Waals surface area contributed by atoms with Crippen molar-refractivity contribution in [3.8, 4) is 5.88 Å². The van der Waals surface area contributed by atoms with Gasteiger partial charge in [0.15, 0.2) is 0 Å². The molecule has 1 aromatic carbocycles. The van der Waals surface area contributed by atoms with Crippen LogP contribution in [0.1, 0.15) is 21.9 Å². The minimum absolute atomic E-state index is 0.132. The first kappa shape index (κ1) is 14.0. The second-order valence-electron chi connectivity index (χ2n) is 4.63. The van der Waals surface area contributed by atoms with Gasteiger partial charge in [-0.3, -0.25) is 0 Å². The monoisotopic (exact) mass is 301 g/mol. The molecule has 0 aliphatic carbocycles. The Morgan fingerprint density at radius 3 is 2.82 bits per heavy atom. The summed E-state index contributed by atoms with van der Waals surface area (Å²) in [5.41, 5.74) is 1.52. The summed E-state index contributed by atoms with van der Waals surface area (Å²) in [5, 5.41) is 4.26. The number of hydrogen-bond acceptors (Lipinski definition) is 5. The van der Waals surface area contributed by atoms with Crippen molar-refractivity contribution in [2.45, 2.75) is 13.5 Å². The van der Waals surface area contributed by atoms with Crippen molar-refractivity contribution in [3.63, 3.8) is 0 Å². The molecule has 0 saturated carbocycles. The quantitative estimate of drug-likeness (QED) is 0.693. The Morgan fingerprint density at radius 2 is 2.14 bits per heavy atom. The van der Waals surface area contributed by atoms with Crippen molar-refractivity contribution >= 4 is 5.97 Å². The number of rotatable bonds is 4. The zero-order valence-corrected chi connectivity index (χ0v) is 11.7. The van der Waals surface area contributed by atoms with Crippen molar-refractivity contribution in [2.75, 3.05) is 0 Å². The first-order valence-electron chi connectivity index (χ1n) is 6.52. The number of ether oxygens (including phenoxy) is 1. The lowest BCUT2D eigenvalue weighted by molar-refractivity contribution is 0.0677. The molecule has 0 radical (unpaired) electrons. The Labute approximate surface area is 125 Å². The van der Waals surface area contributed by atoms with Crippen LogP contribution < -0.4 is 4.74 Å². The summed E-state index contributed by atoms with van der Waals surface area (Å²) in [5.74, 6) is -0.876. The van der Waals surface area contributed by atoms with E-state index in [4.69, 9.17) is 9.15 Å². The molecule has 0 amide bonds. The minimum atomic E-state index is -0.703. The summed E-state index contributed by atoms with van der Waals surface area (Å²) in [6.45, 7) is 2.13. The molecule has 0 fully saturated rings. The van der Waals surface area contributed by atoms with E-state index in [0.717, 1.165) is 5.56 Å². The van der Waals surface area contributed by atoms with Crippen molar-refractivity contribution in [1.82, 2.24) is 14.8 Å². The number of oxazole rings is 1. The molecule has 112 valence electrons. The fourth-order valence-corrected chi connectivity index (χ4v) is 1.94. The van der Waals surface area contributed by atoms with Crippen LogP contribution >= 0.6 is 0 Å². The average molecular weight is 301 g/mol. The lowest BCUT2D eigenvalue weighted by Gasteiger charge is -2.07. The van der Waals surface area contributed by atoms with E-state index in [-0.39, 0.29) is 17.6 Å². The topological polar surface area (TPSA) is 70.2 Å². The predicted molar refractivity (Wildman–Crippen MR) is 73.9 cm³/mol. The van der Waals surface area contributed by atoms with Gasteiger partial charge in [0, 0.05) is 6.07 Å². The SMILES string of the molecule is Cc1cc(OC(=O)c2ncco2)n(Cc2ccc(F)cc2)n1. The molecule has 3 aromatic rings. The van der Waals surface area contributed by atoms with Gasteiger partial charge in [-0.25, -0.2) is 18.9 Å². The molecule has 0 aliphatic rings. The molecule has 7 heteroatoms. The van der Waals surface area contributed by atoms with Crippen LogP contribution in [0.25, 0.3) is 0 Å². The standard InChI is InChI=1S/C15H12FN3O3/c1-10-8-13(22-15(20)14-17-6-7-21-14)19(18-10)9-11-2-4-12(16)5-3-11/h2-8H,9H2,1H3. The number of carbonyl (C=O) groups is 1. The van der Waals surface area contributed by atoms with Gasteiger partial charge < -0.3 is 9.15 Å². The Hall–Kier alpha value is -2.96. The predicted octanol–water partition coefficient (Wildman–Crippen LogP) is 2.59. The van der Waals surface area contributed by atoms with Crippen LogP contribution in [-0.4, -0.2) is 20.7 Å². The number of carbonyl (C=O) groups excluding carboxylic acids is 1. The second kappa shape index (κ2) is 5.80. The Morgan fingerprint density at radius 1 is 1.36 bits per heavy atom. The number of benzene rings is 1. The van der Waals surface area contributed by atoms with Gasteiger partial charge in [-0.15, -0.1) is 0 Å². The third kappa shape index (κ3) is 3.03. The normalized spacial score (nSPS) is 10.6. The van der Waals surface area contributed by atoms with Gasteiger partial charge in [0.1, 0.15) is 12.1 Å². The fourth-order valence-electron chi connectivity index (χ4n) is 1.94. The molecular formula is C15H12FN3O3. The third-order valence-corrected chi connectivity index (χ3v) is 2.92. The Balaban J connectivity index is 1.80.